The van der Waals surface area contributed by atoms with Crippen molar-refractivity contribution < 1.29 is 4.74 Å². The fourth-order valence-electron chi connectivity index (χ4n) is 2.68. The Balaban J connectivity index is 1.72. The van der Waals surface area contributed by atoms with E-state index in [0.29, 0.717) is 0 Å². The summed E-state index contributed by atoms with van der Waals surface area (Å²) in [6.45, 7) is 7.23. The molecule has 112 valence electrons. The Kier molecular flexibility index (Phi) is 3.98. The van der Waals surface area contributed by atoms with Gasteiger partial charge in [0, 0.05) is 38.2 Å². The van der Waals surface area contributed by atoms with Crippen LogP contribution in [0.3, 0.4) is 0 Å². The normalized spacial score (nSPS) is 19.9. The van der Waals surface area contributed by atoms with E-state index in [-0.39, 0.29) is 6.10 Å². The maximum atomic E-state index is 5.89. The van der Waals surface area contributed by atoms with Crippen LogP contribution in [0.25, 0.3) is 0 Å². The minimum atomic E-state index is 0.0134. The predicted molar refractivity (Wildman–Crippen MR) is 78.7 cm³/mol. The average Bonchev–Trinajstić information content (AvgIpc) is 2.84. The lowest BCUT2D eigenvalue weighted by molar-refractivity contribution is -0.0361. The second-order valence-electron chi connectivity index (χ2n) is 5.53. The molecule has 1 unspecified atom stereocenters. The van der Waals surface area contributed by atoms with E-state index in [1.165, 1.54) is 0 Å². The number of morpholine rings is 1. The van der Waals surface area contributed by atoms with Gasteiger partial charge in [0.25, 0.3) is 0 Å². The molecule has 2 aromatic heterocycles. The van der Waals surface area contributed by atoms with Crippen LogP contribution in [0.1, 0.15) is 29.1 Å². The van der Waals surface area contributed by atoms with Gasteiger partial charge in [-0.05, 0) is 19.9 Å². The molecular formula is C15H21N5O. The third kappa shape index (κ3) is 3.28. The van der Waals surface area contributed by atoms with E-state index in [9.17, 15) is 0 Å². The average molecular weight is 287 g/mol. The SMILES string of the molecule is Cc1cc(C2CN(Cc3nccn3C)CCO2)nc(C)n1. The monoisotopic (exact) mass is 287 g/mol. The molecule has 0 amide bonds. The van der Waals surface area contributed by atoms with Gasteiger partial charge in [0.2, 0.25) is 0 Å². The number of imidazole rings is 1. The summed E-state index contributed by atoms with van der Waals surface area (Å²) < 4.78 is 7.95. The topological polar surface area (TPSA) is 56.1 Å². The molecular weight excluding hydrogens is 266 g/mol. The summed E-state index contributed by atoms with van der Waals surface area (Å²) in [5, 5.41) is 0. The summed E-state index contributed by atoms with van der Waals surface area (Å²) in [7, 11) is 2.03. The van der Waals surface area contributed by atoms with Crippen molar-refractivity contribution in [3.05, 3.63) is 41.5 Å². The van der Waals surface area contributed by atoms with Gasteiger partial charge < -0.3 is 9.30 Å². The molecule has 1 fully saturated rings. The van der Waals surface area contributed by atoms with Crippen molar-refractivity contribution in [2.45, 2.75) is 26.5 Å². The Hall–Kier alpha value is -1.79. The zero-order valence-corrected chi connectivity index (χ0v) is 12.8. The number of aromatic nitrogens is 4. The predicted octanol–water partition coefficient (Wildman–Crippen LogP) is 1.40. The number of hydrogen-bond donors (Lipinski definition) is 0. The molecule has 1 atom stereocenters. The van der Waals surface area contributed by atoms with Gasteiger partial charge in [0.15, 0.2) is 0 Å². The van der Waals surface area contributed by atoms with Crippen molar-refractivity contribution in [2.75, 3.05) is 19.7 Å². The van der Waals surface area contributed by atoms with Crippen molar-refractivity contribution in [3.8, 4) is 0 Å². The molecule has 1 aliphatic rings. The lowest BCUT2D eigenvalue weighted by atomic mass is 10.1. The Morgan fingerprint density at radius 2 is 2.19 bits per heavy atom. The van der Waals surface area contributed by atoms with E-state index < -0.39 is 0 Å². The molecule has 1 aliphatic heterocycles. The van der Waals surface area contributed by atoms with Gasteiger partial charge >= 0.3 is 0 Å². The molecule has 3 rings (SSSR count). The highest BCUT2D eigenvalue weighted by molar-refractivity contribution is 5.13. The molecule has 21 heavy (non-hydrogen) atoms. The van der Waals surface area contributed by atoms with Gasteiger partial charge in [-0.3, -0.25) is 4.90 Å². The zero-order valence-electron chi connectivity index (χ0n) is 12.8. The Morgan fingerprint density at radius 1 is 1.33 bits per heavy atom. The molecule has 0 aromatic carbocycles. The van der Waals surface area contributed by atoms with Gasteiger partial charge in [0.05, 0.1) is 18.8 Å². The third-order valence-electron chi connectivity index (χ3n) is 3.75. The van der Waals surface area contributed by atoms with Gasteiger partial charge in [-0.25, -0.2) is 15.0 Å². The van der Waals surface area contributed by atoms with E-state index in [1.54, 1.807) is 0 Å². The van der Waals surface area contributed by atoms with Gasteiger partial charge in [-0.1, -0.05) is 0 Å². The van der Waals surface area contributed by atoms with Crippen molar-refractivity contribution in [1.82, 2.24) is 24.4 Å². The first kappa shape index (κ1) is 14.2. The smallest absolute Gasteiger partial charge is 0.125 e. The highest BCUT2D eigenvalue weighted by Gasteiger charge is 2.24. The fourth-order valence-corrected chi connectivity index (χ4v) is 2.68. The minimum Gasteiger partial charge on any atom is -0.369 e. The van der Waals surface area contributed by atoms with Crippen molar-refractivity contribution in [2.24, 2.45) is 7.05 Å². The minimum absolute atomic E-state index is 0.0134. The van der Waals surface area contributed by atoms with Gasteiger partial charge in [-0.2, -0.15) is 0 Å². The third-order valence-corrected chi connectivity index (χ3v) is 3.75. The van der Waals surface area contributed by atoms with E-state index >= 15 is 0 Å². The van der Waals surface area contributed by atoms with Gasteiger partial charge in [0.1, 0.15) is 17.8 Å². The van der Waals surface area contributed by atoms with E-state index in [0.717, 1.165) is 49.3 Å². The quantitative estimate of drug-likeness (QED) is 0.854. The molecule has 3 heterocycles. The van der Waals surface area contributed by atoms with Crippen molar-refractivity contribution in [1.29, 1.82) is 0 Å². The first-order valence-corrected chi connectivity index (χ1v) is 7.24. The highest BCUT2D eigenvalue weighted by atomic mass is 16.5. The lowest BCUT2D eigenvalue weighted by Crippen LogP contribution is -2.38. The van der Waals surface area contributed by atoms with Crippen molar-refractivity contribution in [3.63, 3.8) is 0 Å². The van der Waals surface area contributed by atoms with Crippen LogP contribution < -0.4 is 0 Å². The van der Waals surface area contributed by atoms with Crippen LogP contribution in [0.4, 0.5) is 0 Å². The summed E-state index contributed by atoms with van der Waals surface area (Å²) in [4.78, 5) is 15.6. The number of nitrogens with zero attached hydrogens (tertiary/aromatic N) is 5. The van der Waals surface area contributed by atoms with Crippen LogP contribution in [-0.4, -0.2) is 44.1 Å². The molecule has 1 saturated heterocycles. The van der Waals surface area contributed by atoms with Crippen LogP contribution in [0.15, 0.2) is 18.5 Å². The zero-order chi connectivity index (χ0) is 14.8. The maximum absolute atomic E-state index is 5.89. The van der Waals surface area contributed by atoms with Crippen LogP contribution in [0, 0.1) is 13.8 Å². The molecule has 0 aliphatic carbocycles. The molecule has 0 N–H and O–H groups in total. The fraction of sp³-hybridized carbons (Fsp3) is 0.533. The standard InChI is InChI=1S/C15H21N5O/c1-11-8-13(18-12(2)17-11)14-9-20(6-7-21-14)10-15-16-4-5-19(15)3/h4-5,8,14H,6-7,9-10H2,1-3H3. The molecule has 0 bridgehead atoms. The highest BCUT2D eigenvalue weighted by Crippen LogP contribution is 2.22. The van der Waals surface area contributed by atoms with Crippen molar-refractivity contribution >= 4 is 0 Å². The summed E-state index contributed by atoms with van der Waals surface area (Å²) in [5.74, 6) is 1.88. The van der Waals surface area contributed by atoms with E-state index in [1.807, 2.05) is 39.4 Å². The first-order valence-electron chi connectivity index (χ1n) is 7.24. The van der Waals surface area contributed by atoms with Crippen LogP contribution in [0.5, 0.6) is 0 Å². The van der Waals surface area contributed by atoms with E-state index in [2.05, 4.69) is 24.4 Å². The maximum Gasteiger partial charge on any atom is 0.125 e. The second-order valence-corrected chi connectivity index (χ2v) is 5.53. The number of aryl methyl sites for hydroxylation is 3. The Labute approximate surface area is 124 Å². The number of hydrogen-bond acceptors (Lipinski definition) is 5. The molecule has 6 nitrogen and oxygen atoms in total. The number of rotatable bonds is 3. The Morgan fingerprint density at radius 3 is 2.90 bits per heavy atom. The first-order chi connectivity index (χ1) is 10.1. The molecule has 0 spiro atoms. The molecule has 0 radical (unpaired) electrons. The second kappa shape index (κ2) is 5.91. The summed E-state index contributed by atoms with van der Waals surface area (Å²) in [5.41, 5.74) is 1.96. The number of ether oxygens (including phenoxy) is 1. The van der Waals surface area contributed by atoms with Crippen LogP contribution in [-0.2, 0) is 18.3 Å². The Bertz CT molecular complexity index is 604. The molecule has 0 saturated carbocycles. The summed E-state index contributed by atoms with van der Waals surface area (Å²) >= 11 is 0. The van der Waals surface area contributed by atoms with Crippen LogP contribution in [0.2, 0.25) is 0 Å². The largest absolute Gasteiger partial charge is 0.369 e. The van der Waals surface area contributed by atoms with Gasteiger partial charge in [-0.15, -0.1) is 0 Å². The molecule has 6 heteroatoms. The molecule has 2 aromatic rings. The lowest BCUT2D eigenvalue weighted by Gasteiger charge is -2.32. The summed E-state index contributed by atoms with van der Waals surface area (Å²) in [6, 6.07) is 2.02. The van der Waals surface area contributed by atoms with E-state index in [4.69, 9.17) is 4.74 Å². The summed E-state index contributed by atoms with van der Waals surface area (Å²) in [6.07, 6.45) is 3.83. The van der Waals surface area contributed by atoms with Crippen LogP contribution >= 0.6 is 0 Å².